The number of aromatic nitrogens is 2. The van der Waals surface area contributed by atoms with Crippen LogP contribution in [0.5, 0.6) is 0 Å². The number of aliphatic hydroxyl groups is 1. The minimum atomic E-state index is -0.535. The standard InChI is InChI=1S/C6H6Cl2N2O2/c7-4-5(8)9-1-3(11)2-10(9)6(4)12/h3,11H,1-2H2. The van der Waals surface area contributed by atoms with Gasteiger partial charge in [0.1, 0.15) is 10.2 Å². The van der Waals surface area contributed by atoms with Crippen molar-refractivity contribution in [3.05, 3.63) is 20.5 Å². The summed E-state index contributed by atoms with van der Waals surface area (Å²) >= 11 is 11.3. The van der Waals surface area contributed by atoms with Crippen LogP contribution in [-0.2, 0) is 13.1 Å². The minimum absolute atomic E-state index is 0.0311. The Labute approximate surface area is 77.9 Å². The molecule has 2 rings (SSSR count). The first kappa shape index (κ1) is 8.16. The van der Waals surface area contributed by atoms with E-state index in [-0.39, 0.29) is 22.3 Å². The van der Waals surface area contributed by atoms with E-state index in [0.29, 0.717) is 6.54 Å². The van der Waals surface area contributed by atoms with Crippen molar-refractivity contribution < 1.29 is 5.11 Å². The first-order valence-corrected chi connectivity index (χ1v) is 4.19. The van der Waals surface area contributed by atoms with Crippen LogP contribution in [0.1, 0.15) is 0 Å². The predicted octanol–water partition coefficient (Wildman–Crippen LogP) is 0.331. The van der Waals surface area contributed by atoms with Crippen LogP contribution in [-0.4, -0.2) is 20.6 Å². The molecule has 1 N–H and O–H groups in total. The maximum atomic E-state index is 11.2. The van der Waals surface area contributed by atoms with E-state index in [1.807, 2.05) is 0 Å². The molecule has 0 fully saturated rings. The summed E-state index contributed by atoms with van der Waals surface area (Å²) in [6, 6.07) is 0. The number of fused-ring (bicyclic) bond motifs is 1. The quantitative estimate of drug-likeness (QED) is 0.669. The fourth-order valence-corrected chi connectivity index (χ4v) is 1.78. The number of hydrogen-bond donors (Lipinski definition) is 1. The summed E-state index contributed by atoms with van der Waals surface area (Å²) in [5.74, 6) is 0. The van der Waals surface area contributed by atoms with Crippen molar-refractivity contribution in [3.63, 3.8) is 0 Å². The van der Waals surface area contributed by atoms with Crippen molar-refractivity contribution in [3.8, 4) is 0 Å². The first-order valence-electron chi connectivity index (χ1n) is 3.44. The van der Waals surface area contributed by atoms with E-state index in [1.165, 1.54) is 9.36 Å². The summed E-state index contributed by atoms with van der Waals surface area (Å²) in [6.45, 7) is 0.603. The summed E-state index contributed by atoms with van der Waals surface area (Å²) in [5, 5.41) is 9.43. The summed E-state index contributed by atoms with van der Waals surface area (Å²) in [6.07, 6.45) is -0.535. The van der Waals surface area contributed by atoms with Gasteiger partial charge in [-0.3, -0.25) is 9.48 Å². The van der Waals surface area contributed by atoms with E-state index in [4.69, 9.17) is 23.2 Å². The maximum Gasteiger partial charge on any atom is 0.287 e. The highest BCUT2D eigenvalue weighted by atomic mass is 35.5. The Hall–Kier alpha value is -0.450. The molecule has 1 aromatic rings. The van der Waals surface area contributed by atoms with Gasteiger partial charge in [-0.1, -0.05) is 23.2 Å². The molecule has 2 heterocycles. The van der Waals surface area contributed by atoms with Gasteiger partial charge in [0, 0.05) is 0 Å². The highest BCUT2D eigenvalue weighted by Gasteiger charge is 2.25. The third kappa shape index (κ3) is 0.920. The lowest BCUT2D eigenvalue weighted by Crippen LogP contribution is -2.18. The van der Waals surface area contributed by atoms with E-state index in [0.717, 1.165) is 0 Å². The van der Waals surface area contributed by atoms with Crippen LogP contribution in [0.25, 0.3) is 0 Å². The van der Waals surface area contributed by atoms with E-state index in [1.54, 1.807) is 0 Å². The zero-order valence-electron chi connectivity index (χ0n) is 6.00. The van der Waals surface area contributed by atoms with Crippen molar-refractivity contribution in [1.29, 1.82) is 0 Å². The third-order valence-corrected chi connectivity index (χ3v) is 2.71. The molecule has 12 heavy (non-hydrogen) atoms. The summed E-state index contributed by atoms with van der Waals surface area (Å²) in [5.41, 5.74) is -0.335. The molecule has 1 aliphatic rings. The number of nitrogens with zero attached hydrogens (tertiary/aromatic N) is 2. The van der Waals surface area contributed by atoms with Crippen LogP contribution in [0.3, 0.4) is 0 Å². The third-order valence-electron chi connectivity index (χ3n) is 1.89. The van der Waals surface area contributed by atoms with Gasteiger partial charge in [-0.05, 0) is 0 Å². The molecule has 1 aromatic heterocycles. The Morgan fingerprint density at radius 2 is 1.92 bits per heavy atom. The zero-order valence-corrected chi connectivity index (χ0v) is 7.51. The molecule has 0 radical (unpaired) electrons. The molecule has 0 amide bonds. The van der Waals surface area contributed by atoms with Crippen molar-refractivity contribution in [1.82, 2.24) is 9.36 Å². The molecular weight excluding hydrogens is 203 g/mol. The van der Waals surface area contributed by atoms with Gasteiger partial charge in [-0.15, -0.1) is 0 Å². The van der Waals surface area contributed by atoms with Crippen LogP contribution in [0.2, 0.25) is 10.2 Å². The molecule has 1 unspecified atom stereocenters. The fraction of sp³-hybridized carbons (Fsp3) is 0.500. The SMILES string of the molecule is O=c1c(Cl)c(Cl)n2n1CC(O)C2. The average Bonchev–Trinajstić information content (AvgIpc) is 2.49. The molecule has 1 atom stereocenters. The highest BCUT2D eigenvalue weighted by Crippen LogP contribution is 2.21. The van der Waals surface area contributed by atoms with Gasteiger partial charge < -0.3 is 5.11 Å². The molecular formula is C6H6Cl2N2O2. The molecule has 0 saturated heterocycles. The molecule has 0 aliphatic carbocycles. The maximum absolute atomic E-state index is 11.2. The molecule has 0 saturated carbocycles. The van der Waals surface area contributed by atoms with Gasteiger partial charge in [0.15, 0.2) is 0 Å². The van der Waals surface area contributed by atoms with Crippen molar-refractivity contribution >= 4 is 23.2 Å². The van der Waals surface area contributed by atoms with Crippen LogP contribution in [0.4, 0.5) is 0 Å². The Kier molecular flexibility index (Phi) is 1.71. The van der Waals surface area contributed by atoms with Gasteiger partial charge in [-0.25, -0.2) is 4.68 Å². The topological polar surface area (TPSA) is 47.2 Å². The van der Waals surface area contributed by atoms with Gasteiger partial charge in [0.2, 0.25) is 0 Å². The van der Waals surface area contributed by atoms with Gasteiger partial charge >= 0.3 is 0 Å². The van der Waals surface area contributed by atoms with E-state index in [2.05, 4.69) is 0 Å². The molecule has 4 nitrogen and oxygen atoms in total. The Bertz CT molecular complexity index is 382. The van der Waals surface area contributed by atoms with E-state index in [9.17, 15) is 9.90 Å². The Morgan fingerprint density at radius 3 is 2.50 bits per heavy atom. The van der Waals surface area contributed by atoms with Crippen molar-refractivity contribution in [2.45, 2.75) is 19.2 Å². The lowest BCUT2D eigenvalue weighted by atomic mass is 10.4. The number of rotatable bonds is 0. The molecule has 6 heteroatoms. The van der Waals surface area contributed by atoms with Crippen LogP contribution < -0.4 is 5.56 Å². The number of hydrogen-bond acceptors (Lipinski definition) is 2. The van der Waals surface area contributed by atoms with Gasteiger partial charge in [0.25, 0.3) is 5.56 Å². The summed E-state index contributed by atoms with van der Waals surface area (Å²) in [7, 11) is 0. The normalized spacial score (nSPS) is 21.4. The second kappa shape index (κ2) is 2.52. The average molecular weight is 209 g/mol. The highest BCUT2D eigenvalue weighted by molar-refractivity contribution is 6.41. The van der Waals surface area contributed by atoms with Crippen LogP contribution >= 0.6 is 23.2 Å². The second-order valence-electron chi connectivity index (χ2n) is 2.73. The lowest BCUT2D eigenvalue weighted by Gasteiger charge is -1.97. The summed E-state index contributed by atoms with van der Waals surface area (Å²) < 4.78 is 2.83. The minimum Gasteiger partial charge on any atom is -0.389 e. The largest absolute Gasteiger partial charge is 0.389 e. The second-order valence-corrected chi connectivity index (χ2v) is 3.46. The molecule has 1 aliphatic heterocycles. The molecule has 66 valence electrons. The lowest BCUT2D eigenvalue weighted by molar-refractivity contribution is 0.170. The van der Waals surface area contributed by atoms with Crippen molar-refractivity contribution in [2.24, 2.45) is 0 Å². The summed E-state index contributed by atoms with van der Waals surface area (Å²) in [4.78, 5) is 11.2. The first-order chi connectivity index (χ1) is 5.61. The molecule has 0 bridgehead atoms. The Morgan fingerprint density at radius 1 is 1.33 bits per heavy atom. The number of halogens is 2. The zero-order chi connectivity index (χ0) is 8.88. The molecule has 0 spiro atoms. The smallest absolute Gasteiger partial charge is 0.287 e. The van der Waals surface area contributed by atoms with Crippen LogP contribution in [0.15, 0.2) is 4.79 Å². The van der Waals surface area contributed by atoms with E-state index < -0.39 is 6.10 Å². The monoisotopic (exact) mass is 208 g/mol. The Balaban J connectivity index is 2.66. The van der Waals surface area contributed by atoms with Gasteiger partial charge in [0.05, 0.1) is 19.2 Å². The van der Waals surface area contributed by atoms with Crippen molar-refractivity contribution in [2.75, 3.05) is 0 Å². The number of aliphatic hydroxyl groups excluding tert-OH is 1. The van der Waals surface area contributed by atoms with Gasteiger partial charge in [-0.2, -0.15) is 0 Å². The van der Waals surface area contributed by atoms with Crippen LogP contribution in [0, 0.1) is 0 Å². The predicted molar refractivity (Wildman–Crippen MR) is 44.7 cm³/mol. The molecule has 0 aromatic carbocycles. The fourth-order valence-electron chi connectivity index (χ4n) is 1.35. The van der Waals surface area contributed by atoms with E-state index >= 15 is 0 Å².